The van der Waals surface area contributed by atoms with Crippen LogP contribution in [0.25, 0.3) is 0 Å². The minimum atomic E-state index is -2.84. The number of rotatable bonds is 10. The van der Waals surface area contributed by atoms with Gasteiger partial charge >= 0.3 is 0 Å². The average Bonchev–Trinajstić information content (AvgIpc) is 1.69. The van der Waals surface area contributed by atoms with Gasteiger partial charge in [-0.3, -0.25) is 44.0 Å². The number of carbonyl (C=O) groups excluding carboxylic acids is 1. The molecular weight excluding hydrogens is 1260 g/mol. The summed E-state index contributed by atoms with van der Waals surface area (Å²) >= 11 is 0. The Morgan fingerprint density at radius 2 is 0.990 bits per heavy atom. The van der Waals surface area contributed by atoms with E-state index in [0.29, 0.717) is 36.4 Å². The summed E-state index contributed by atoms with van der Waals surface area (Å²) in [4.78, 5) is 34.7. The number of β-amino-alcohol motifs (C(OH)–C–C–N with tert-alkyl or cyclic N) is 2. The van der Waals surface area contributed by atoms with Crippen LogP contribution in [0.2, 0.25) is 0 Å². The predicted octanol–water partition coefficient (Wildman–Crippen LogP) is 11.3. The maximum atomic E-state index is 11.3. The summed E-state index contributed by atoms with van der Waals surface area (Å²) in [5.74, 6) is -0.178. The van der Waals surface area contributed by atoms with Gasteiger partial charge in [0.05, 0.1) is 35.7 Å². The molecule has 8 heterocycles. The first-order valence-corrected chi connectivity index (χ1v) is 40.4. The van der Waals surface area contributed by atoms with Crippen LogP contribution in [-0.4, -0.2) is 303 Å². The van der Waals surface area contributed by atoms with Gasteiger partial charge in [0.25, 0.3) is 0 Å². The molecule has 18 nitrogen and oxygen atoms in total. The number of nitrogens with zero attached hydrogens (tertiary/aromatic N) is 10. The normalized spacial score (nSPS) is 26.2. The Bertz CT molecular complexity index is 2500. The van der Waals surface area contributed by atoms with E-state index in [9.17, 15) is 23.4 Å². The van der Waals surface area contributed by atoms with Crippen LogP contribution >= 0.6 is 0 Å². The van der Waals surface area contributed by atoms with Crippen LogP contribution in [-0.2, 0) is 26.0 Å². The number of hydrogen-bond acceptors (Lipinski definition) is 17. The number of hydrogen-bond donors (Lipinski definition) is 4. The fraction of sp³-hybridized carbons (Fsp3) is 0.912. The quantitative estimate of drug-likeness (QED) is 0.174. The third-order valence-electron chi connectivity index (χ3n) is 21.2. The number of nitrogens with two attached hydrogens (primary N) is 1. The highest BCUT2D eigenvalue weighted by molar-refractivity contribution is 7.91. The highest BCUT2D eigenvalue weighted by atomic mass is 32.2. The number of primary amides is 1. The second-order valence-electron chi connectivity index (χ2n) is 38.5. The smallest absolute Gasteiger partial charge is 0.234 e. The number of likely N-dealkylation sites (tertiary alicyclic amines) is 8. The Morgan fingerprint density at radius 1 is 0.535 bits per heavy atom. The molecule has 1 amide bonds. The SMILES string of the molecule is CC(C)(C)N1CCC(OCc2ccccc2)C1.CC(C)(C)N1CCC(S(C)(=O)=O)C1.CC(C)(C)N1CCCC1.CC(C)(C)N1CCCC1CCO.CC(C)(C)N1CCC[C@@H]1C(N)=O.CC(C)(C)N1CC[C@H](O)C1.CN(C)C1CCN(C(C)(C)C)C1.CN(C)CC1(O)CCN(C(C)(C)C)C1. The van der Waals surface area contributed by atoms with E-state index in [1.807, 2.05) is 20.2 Å². The maximum absolute atomic E-state index is 11.3. The Labute approximate surface area is 611 Å². The summed E-state index contributed by atoms with van der Waals surface area (Å²) in [6.45, 7) is 69.9. The van der Waals surface area contributed by atoms with Crippen molar-refractivity contribution >= 4 is 15.7 Å². The molecule has 5 N–H and O–H groups in total. The van der Waals surface area contributed by atoms with Gasteiger partial charge in [-0.25, -0.2) is 8.42 Å². The molecule has 0 radical (unpaired) electrons. The Morgan fingerprint density at radius 3 is 1.34 bits per heavy atom. The molecule has 5 unspecified atom stereocenters. The summed E-state index contributed by atoms with van der Waals surface area (Å²) in [5.41, 5.74) is 7.95. The molecule has 0 spiro atoms. The number of aliphatic hydroxyl groups is 3. The van der Waals surface area contributed by atoms with Crippen molar-refractivity contribution in [3.05, 3.63) is 35.9 Å². The topological polar surface area (TPSA) is 180 Å². The highest BCUT2D eigenvalue weighted by Gasteiger charge is 2.42. The molecule has 8 aliphatic rings. The minimum Gasteiger partial charge on any atom is -0.396 e. The maximum Gasteiger partial charge on any atom is 0.234 e. The highest BCUT2D eigenvalue weighted by Crippen LogP contribution is 2.32. The molecule has 0 bridgehead atoms. The van der Waals surface area contributed by atoms with Crippen molar-refractivity contribution in [1.82, 2.24) is 49.0 Å². The summed E-state index contributed by atoms with van der Waals surface area (Å²) in [6, 6.07) is 11.8. The van der Waals surface area contributed by atoms with Crippen LogP contribution in [0.15, 0.2) is 30.3 Å². The van der Waals surface area contributed by atoms with Gasteiger partial charge < -0.3 is 35.6 Å². The van der Waals surface area contributed by atoms with Gasteiger partial charge in [0.2, 0.25) is 5.91 Å². The van der Waals surface area contributed by atoms with Crippen LogP contribution in [0.4, 0.5) is 0 Å². The van der Waals surface area contributed by atoms with Crippen molar-refractivity contribution in [2.24, 2.45) is 5.73 Å². The van der Waals surface area contributed by atoms with Gasteiger partial charge in [-0.05, 0) is 310 Å². The first-order valence-electron chi connectivity index (χ1n) is 38.5. The second kappa shape index (κ2) is 40.2. The molecule has 0 aliphatic carbocycles. The van der Waals surface area contributed by atoms with Gasteiger partial charge in [-0.1, -0.05) is 30.3 Å². The zero-order chi connectivity index (χ0) is 76.1. The van der Waals surface area contributed by atoms with Crippen molar-refractivity contribution in [2.75, 3.05) is 139 Å². The van der Waals surface area contributed by atoms with Gasteiger partial charge in [-0.15, -0.1) is 0 Å². The lowest BCUT2D eigenvalue weighted by Crippen LogP contribution is -2.49. The van der Waals surface area contributed by atoms with Gasteiger partial charge in [0.1, 0.15) is 0 Å². The zero-order valence-corrected chi connectivity index (χ0v) is 70.6. The lowest BCUT2D eigenvalue weighted by molar-refractivity contribution is -0.123. The van der Waals surface area contributed by atoms with Crippen molar-refractivity contribution in [1.29, 1.82) is 0 Å². The zero-order valence-electron chi connectivity index (χ0n) is 69.8. The minimum absolute atomic E-state index is 0.0370. The first-order chi connectivity index (χ1) is 45.0. The van der Waals surface area contributed by atoms with E-state index in [1.54, 1.807) is 0 Å². The van der Waals surface area contributed by atoms with E-state index in [-0.39, 0.29) is 56.5 Å². The number of carbonyl (C=O) groups is 1. The molecule has 0 aromatic heterocycles. The molecule has 9 rings (SSSR count). The fourth-order valence-corrected chi connectivity index (χ4v) is 15.6. The molecule has 584 valence electrons. The lowest BCUT2D eigenvalue weighted by Gasteiger charge is -2.36. The summed E-state index contributed by atoms with van der Waals surface area (Å²) in [5, 5.41) is 28.3. The molecule has 8 fully saturated rings. The van der Waals surface area contributed by atoms with Crippen molar-refractivity contribution in [3.8, 4) is 0 Å². The van der Waals surface area contributed by atoms with Crippen molar-refractivity contribution < 1.29 is 33.3 Å². The standard InChI is InChI=1S/C15H23NO.C11H24N2O.C10H22N2.C10H21NO.C9H18N2O.C9H19NO2S.C8H17NO.C8H17N/c1-15(2,3)16-10-9-14(11-16)17-12-13-7-5-4-6-8-13;1-10(2,3)13-7-6-11(14,9-13)8-12(4)5;1-10(2,3)12-7-6-9(8-12)11(4)5;1-10(2,3)11-7-4-5-9(11)6-8-12;1-9(2,3)11-6-4-5-7(11)8(10)12;1-9(2,3)10-6-5-8(7-10)13(4,11)12;1-8(2,3)9-5-4-7(10)6-9;1-8(2,3)9-6-4-5-7-9/h4-8,14H,9-12H2,1-3H3;14H,6-9H2,1-5H3;9H,6-8H2,1-5H3;9,12H,4-8H2,1-3H3;7H,4-6H2,1-3H3,(H2,10,12);8H,5-7H2,1-4H3;7,10H,4-6H2,1-3H3;4-7H2,1-3H3/t;;;;7-;;7-;/m....1.0./s1. The van der Waals surface area contributed by atoms with Gasteiger partial charge in [0, 0.05) is 135 Å². The molecule has 8 aliphatic heterocycles. The molecule has 1 aromatic rings. The van der Waals surface area contributed by atoms with Crippen molar-refractivity contribution in [3.63, 3.8) is 0 Å². The Balaban J connectivity index is 0.000000387. The van der Waals surface area contributed by atoms with Crippen LogP contribution in [0.1, 0.15) is 249 Å². The van der Waals surface area contributed by atoms with Crippen LogP contribution in [0.5, 0.6) is 0 Å². The number of benzene rings is 1. The largest absolute Gasteiger partial charge is 0.396 e. The monoisotopic (exact) mass is 1420 g/mol. The Kier molecular flexibility index (Phi) is 37.8. The number of ether oxygens (including phenoxy) is 1. The van der Waals surface area contributed by atoms with E-state index < -0.39 is 15.4 Å². The van der Waals surface area contributed by atoms with Crippen LogP contribution in [0.3, 0.4) is 0 Å². The average molecular weight is 1420 g/mol. The third-order valence-corrected chi connectivity index (χ3v) is 22.8. The van der Waals surface area contributed by atoms with E-state index in [1.165, 1.54) is 76.6 Å². The second-order valence-corrected chi connectivity index (χ2v) is 40.9. The third kappa shape index (κ3) is 35.4. The summed E-state index contributed by atoms with van der Waals surface area (Å²) in [6.07, 6.45) is 15.1. The van der Waals surface area contributed by atoms with Crippen LogP contribution in [0, 0.1) is 0 Å². The molecule has 99 heavy (non-hydrogen) atoms. The fourth-order valence-electron chi connectivity index (χ4n) is 14.6. The van der Waals surface area contributed by atoms with Gasteiger partial charge in [-0.2, -0.15) is 0 Å². The van der Waals surface area contributed by atoms with E-state index in [2.05, 4.69) is 254 Å². The molecule has 8 saturated heterocycles. The van der Waals surface area contributed by atoms with E-state index in [4.69, 9.17) is 15.6 Å². The number of likely N-dealkylation sites (N-methyl/N-ethyl adjacent to an activating group) is 2. The molecule has 19 heteroatoms. The van der Waals surface area contributed by atoms with Crippen LogP contribution < -0.4 is 5.73 Å². The van der Waals surface area contributed by atoms with Gasteiger partial charge in [0.15, 0.2) is 9.84 Å². The molecule has 7 atom stereocenters. The molecular formula is C80H161N11O7S. The molecule has 0 saturated carbocycles. The molecule has 1 aromatic carbocycles. The summed E-state index contributed by atoms with van der Waals surface area (Å²) < 4.78 is 28.5. The van der Waals surface area contributed by atoms with E-state index in [0.717, 1.165) is 116 Å². The number of aliphatic hydroxyl groups excluding tert-OH is 2. The number of sulfone groups is 1. The van der Waals surface area contributed by atoms with E-state index >= 15 is 0 Å². The first kappa shape index (κ1) is 93.2. The summed E-state index contributed by atoms with van der Waals surface area (Å²) in [7, 11) is 5.54. The number of amides is 1. The lowest BCUT2D eigenvalue weighted by atomic mass is 10.0. The predicted molar refractivity (Wildman–Crippen MR) is 421 cm³/mol. The Hall–Kier alpha value is -1.92. The van der Waals surface area contributed by atoms with Crippen molar-refractivity contribution in [2.45, 2.75) is 335 Å².